The smallest absolute Gasteiger partial charge is 0.285 e. The highest BCUT2D eigenvalue weighted by atomic mass is 79.9. The van der Waals surface area contributed by atoms with Gasteiger partial charge < -0.3 is 9.73 Å². The molecule has 0 spiro atoms. The first kappa shape index (κ1) is 13.6. The molecule has 0 saturated carbocycles. The van der Waals surface area contributed by atoms with Gasteiger partial charge in [-0.2, -0.15) is 0 Å². The summed E-state index contributed by atoms with van der Waals surface area (Å²) < 4.78 is 5.74. The van der Waals surface area contributed by atoms with E-state index < -0.39 is 4.92 Å². The second kappa shape index (κ2) is 5.88. The molecule has 1 aromatic heterocycles. The van der Waals surface area contributed by atoms with Crippen molar-refractivity contribution in [1.29, 1.82) is 0 Å². The quantitative estimate of drug-likeness (QED) is 0.666. The Morgan fingerprint density at radius 1 is 1.47 bits per heavy atom. The van der Waals surface area contributed by atoms with Gasteiger partial charge in [0.2, 0.25) is 0 Å². The summed E-state index contributed by atoms with van der Waals surface area (Å²) in [5.74, 6) is 0.881. The molecular formula is C13H13BrN2O3. The molecule has 1 heterocycles. The minimum atomic E-state index is -0.410. The lowest BCUT2D eigenvalue weighted by Crippen LogP contribution is -2.17. The van der Waals surface area contributed by atoms with E-state index in [0.29, 0.717) is 10.2 Å². The van der Waals surface area contributed by atoms with Gasteiger partial charge in [0.15, 0.2) is 0 Å². The number of rotatable bonds is 5. The number of nitrogens with one attached hydrogen (secondary N) is 1. The lowest BCUT2D eigenvalue weighted by molar-refractivity contribution is -0.385. The van der Waals surface area contributed by atoms with E-state index in [1.54, 1.807) is 18.4 Å². The average Bonchev–Trinajstić information content (AvgIpc) is 2.84. The summed E-state index contributed by atoms with van der Waals surface area (Å²) in [6, 6.07) is 8.85. The first-order valence-electron chi connectivity index (χ1n) is 5.79. The summed E-state index contributed by atoms with van der Waals surface area (Å²) in [6.07, 6.45) is 2.35. The Labute approximate surface area is 118 Å². The van der Waals surface area contributed by atoms with Crippen LogP contribution in [0.1, 0.15) is 12.7 Å². The zero-order valence-electron chi connectivity index (χ0n) is 10.3. The molecule has 1 unspecified atom stereocenters. The molecule has 0 aliphatic rings. The number of anilines is 1. The van der Waals surface area contributed by atoms with Crippen LogP contribution in [0, 0.1) is 10.1 Å². The number of nitro benzene ring substituents is 1. The third kappa shape index (κ3) is 3.57. The van der Waals surface area contributed by atoms with Crippen molar-refractivity contribution in [2.45, 2.75) is 19.4 Å². The summed E-state index contributed by atoms with van der Waals surface area (Å²) in [4.78, 5) is 10.4. The van der Waals surface area contributed by atoms with E-state index in [1.807, 2.05) is 19.1 Å². The van der Waals surface area contributed by atoms with Crippen molar-refractivity contribution < 1.29 is 9.34 Å². The molecule has 0 saturated heterocycles. The summed E-state index contributed by atoms with van der Waals surface area (Å²) >= 11 is 3.16. The number of nitrogens with zero attached hydrogens (tertiary/aromatic N) is 1. The Hall–Kier alpha value is -1.82. The standard InChI is InChI=1S/C13H13BrN2O3/c1-9(7-11-3-2-6-19-11)15-10-4-5-12(14)13(8-10)16(17)18/h2-6,8-9,15H,7H2,1H3. The molecule has 0 amide bonds. The van der Waals surface area contributed by atoms with E-state index >= 15 is 0 Å². The predicted octanol–water partition coefficient (Wildman–Crippen LogP) is 3.99. The second-order valence-corrected chi connectivity index (χ2v) is 5.11. The molecule has 0 aliphatic carbocycles. The molecule has 0 radical (unpaired) electrons. The van der Waals surface area contributed by atoms with Crippen molar-refractivity contribution >= 4 is 27.3 Å². The Bertz CT molecular complexity index is 569. The normalized spacial score (nSPS) is 12.1. The van der Waals surface area contributed by atoms with Crippen LogP contribution in [0.5, 0.6) is 0 Å². The maximum absolute atomic E-state index is 10.8. The maximum Gasteiger partial charge on any atom is 0.285 e. The third-order valence-corrected chi connectivity index (χ3v) is 3.31. The number of hydrogen-bond acceptors (Lipinski definition) is 4. The Balaban J connectivity index is 2.06. The molecule has 19 heavy (non-hydrogen) atoms. The summed E-state index contributed by atoms with van der Waals surface area (Å²) in [5.41, 5.74) is 0.768. The van der Waals surface area contributed by atoms with Crippen molar-refractivity contribution in [1.82, 2.24) is 0 Å². The fourth-order valence-corrected chi connectivity index (χ4v) is 2.20. The van der Waals surface area contributed by atoms with Gasteiger partial charge in [0, 0.05) is 24.2 Å². The predicted molar refractivity (Wildman–Crippen MR) is 76.3 cm³/mol. The van der Waals surface area contributed by atoms with E-state index in [1.165, 1.54) is 6.07 Å². The van der Waals surface area contributed by atoms with Crippen LogP contribution in [0.4, 0.5) is 11.4 Å². The van der Waals surface area contributed by atoms with Crippen LogP contribution in [-0.4, -0.2) is 11.0 Å². The van der Waals surface area contributed by atoms with Gasteiger partial charge in [-0.1, -0.05) is 0 Å². The second-order valence-electron chi connectivity index (χ2n) is 4.25. The first-order chi connectivity index (χ1) is 9.06. The third-order valence-electron chi connectivity index (χ3n) is 2.64. The van der Waals surface area contributed by atoms with Crippen LogP contribution in [0.25, 0.3) is 0 Å². The monoisotopic (exact) mass is 324 g/mol. The molecule has 0 bridgehead atoms. The Morgan fingerprint density at radius 3 is 2.89 bits per heavy atom. The van der Waals surface area contributed by atoms with Crippen molar-refractivity contribution in [2.24, 2.45) is 0 Å². The van der Waals surface area contributed by atoms with Gasteiger partial charge >= 0.3 is 0 Å². The molecule has 0 aliphatic heterocycles. The lowest BCUT2D eigenvalue weighted by Gasteiger charge is -2.14. The zero-order chi connectivity index (χ0) is 13.8. The fraction of sp³-hybridized carbons (Fsp3) is 0.231. The van der Waals surface area contributed by atoms with E-state index in [-0.39, 0.29) is 11.7 Å². The molecule has 2 aromatic rings. The first-order valence-corrected chi connectivity index (χ1v) is 6.58. The summed E-state index contributed by atoms with van der Waals surface area (Å²) in [7, 11) is 0. The zero-order valence-corrected chi connectivity index (χ0v) is 11.9. The van der Waals surface area contributed by atoms with Crippen LogP contribution in [0.15, 0.2) is 45.5 Å². The molecule has 1 atom stereocenters. The minimum Gasteiger partial charge on any atom is -0.469 e. The maximum atomic E-state index is 10.8. The number of benzene rings is 1. The molecule has 1 aromatic carbocycles. The highest BCUT2D eigenvalue weighted by Gasteiger charge is 2.13. The van der Waals surface area contributed by atoms with Crippen molar-refractivity contribution in [3.63, 3.8) is 0 Å². The molecule has 100 valence electrons. The number of hydrogen-bond donors (Lipinski definition) is 1. The highest BCUT2D eigenvalue weighted by Crippen LogP contribution is 2.28. The van der Waals surface area contributed by atoms with E-state index in [0.717, 1.165) is 12.2 Å². The summed E-state index contributed by atoms with van der Waals surface area (Å²) in [5, 5.41) is 14.1. The van der Waals surface area contributed by atoms with Gasteiger partial charge in [-0.25, -0.2) is 0 Å². The number of furan rings is 1. The topological polar surface area (TPSA) is 68.3 Å². The van der Waals surface area contributed by atoms with Crippen LogP contribution in [0.3, 0.4) is 0 Å². The average molecular weight is 325 g/mol. The molecule has 6 heteroatoms. The van der Waals surface area contributed by atoms with Gasteiger partial charge in [-0.3, -0.25) is 10.1 Å². The Kier molecular flexibility index (Phi) is 4.21. The van der Waals surface area contributed by atoms with E-state index in [9.17, 15) is 10.1 Å². The molecule has 0 fully saturated rings. The molecule has 2 rings (SSSR count). The fourth-order valence-electron chi connectivity index (χ4n) is 1.81. The van der Waals surface area contributed by atoms with Crippen LogP contribution in [0.2, 0.25) is 0 Å². The van der Waals surface area contributed by atoms with Gasteiger partial charge in [-0.15, -0.1) is 0 Å². The number of nitro groups is 1. The van der Waals surface area contributed by atoms with Crippen LogP contribution < -0.4 is 5.32 Å². The van der Waals surface area contributed by atoms with E-state index in [2.05, 4.69) is 21.2 Å². The summed E-state index contributed by atoms with van der Waals surface area (Å²) in [6.45, 7) is 2.00. The van der Waals surface area contributed by atoms with Gasteiger partial charge in [0.25, 0.3) is 5.69 Å². The number of halogens is 1. The van der Waals surface area contributed by atoms with E-state index in [4.69, 9.17) is 4.42 Å². The molecule has 5 nitrogen and oxygen atoms in total. The Morgan fingerprint density at radius 2 is 2.26 bits per heavy atom. The van der Waals surface area contributed by atoms with Gasteiger partial charge in [-0.05, 0) is 47.1 Å². The van der Waals surface area contributed by atoms with Crippen LogP contribution >= 0.6 is 15.9 Å². The molecular weight excluding hydrogens is 312 g/mol. The van der Waals surface area contributed by atoms with Crippen LogP contribution in [-0.2, 0) is 6.42 Å². The largest absolute Gasteiger partial charge is 0.469 e. The van der Waals surface area contributed by atoms with Crippen molar-refractivity contribution in [3.8, 4) is 0 Å². The molecule has 1 N–H and O–H groups in total. The van der Waals surface area contributed by atoms with Crippen molar-refractivity contribution in [3.05, 3.63) is 56.9 Å². The SMILES string of the molecule is CC(Cc1ccco1)Nc1ccc(Br)c([N+](=O)[O-])c1. The van der Waals surface area contributed by atoms with Gasteiger partial charge in [0.05, 0.1) is 15.7 Å². The lowest BCUT2D eigenvalue weighted by atomic mass is 10.2. The highest BCUT2D eigenvalue weighted by molar-refractivity contribution is 9.10. The van der Waals surface area contributed by atoms with Crippen molar-refractivity contribution in [2.75, 3.05) is 5.32 Å². The van der Waals surface area contributed by atoms with Gasteiger partial charge in [0.1, 0.15) is 5.76 Å². The minimum absolute atomic E-state index is 0.0511.